The van der Waals surface area contributed by atoms with E-state index in [0.717, 1.165) is 18.2 Å². The third kappa shape index (κ3) is 42.9. The zero-order valence-electron chi connectivity index (χ0n) is 44.7. The molecule has 0 saturated carbocycles. The Kier molecular flexibility index (Phi) is 47.3. The second-order valence-corrected chi connectivity index (χ2v) is 16.7. The summed E-state index contributed by atoms with van der Waals surface area (Å²) in [6, 6.07) is 0. The van der Waals surface area contributed by atoms with Crippen molar-refractivity contribution in [2.45, 2.75) is 50.9 Å². The van der Waals surface area contributed by atoms with Crippen LogP contribution >= 0.6 is 0 Å². The Labute approximate surface area is 448 Å². The Balaban J connectivity index is 0. The SMILES string of the molecule is C=CC(=O)NCCOCC(COC)(COCCNC(=O)C=C)COCCNC(=O)C=C.C=CC(=O)NCOCC(O)CCOCC(CC)(COCCC(O)COCNC(=O)C=C)COCCC(O)COCNC(=O)C=C. The molecule has 0 aliphatic carbocycles. The number of aliphatic hydroxyl groups is 3. The van der Waals surface area contributed by atoms with Crippen molar-refractivity contribution in [3.63, 3.8) is 0 Å². The molecule has 0 spiro atoms. The van der Waals surface area contributed by atoms with E-state index in [1.54, 1.807) is 7.11 Å². The third-order valence-electron chi connectivity index (χ3n) is 10.2. The molecule has 0 heterocycles. The summed E-state index contributed by atoms with van der Waals surface area (Å²) in [6.07, 6.45) is 6.08. The highest BCUT2D eigenvalue weighted by atomic mass is 16.5. The van der Waals surface area contributed by atoms with Crippen molar-refractivity contribution in [1.82, 2.24) is 31.9 Å². The van der Waals surface area contributed by atoms with Crippen molar-refractivity contribution in [3.8, 4) is 0 Å². The molecule has 25 heteroatoms. The van der Waals surface area contributed by atoms with Gasteiger partial charge in [-0.3, -0.25) is 28.8 Å². The first-order valence-corrected chi connectivity index (χ1v) is 24.7. The van der Waals surface area contributed by atoms with E-state index in [0.29, 0.717) is 51.9 Å². The number of carbonyl (C=O) groups excluding carboxylic acids is 6. The predicted octanol–water partition coefficient (Wildman–Crippen LogP) is -0.910. The van der Waals surface area contributed by atoms with Crippen molar-refractivity contribution in [3.05, 3.63) is 75.9 Å². The molecular formula is C51H88N6O19. The lowest BCUT2D eigenvalue weighted by atomic mass is 9.88. The van der Waals surface area contributed by atoms with Gasteiger partial charge in [-0.1, -0.05) is 46.4 Å². The van der Waals surface area contributed by atoms with Crippen molar-refractivity contribution in [2.75, 3.05) is 153 Å². The van der Waals surface area contributed by atoms with Crippen LogP contribution in [0.2, 0.25) is 0 Å². The minimum atomic E-state index is -0.795. The number of rotatable bonds is 51. The van der Waals surface area contributed by atoms with Gasteiger partial charge < -0.3 is 94.6 Å². The highest BCUT2D eigenvalue weighted by Crippen LogP contribution is 2.25. The number of ether oxygens (including phenoxy) is 10. The van der Waals surface area contributed by atoms with E-state index >= 15 is 0 Å². The van der Waals surface area contributed by atoms with Gasteiger partial charge in [-0.2, -0.15) is 0 Å². The summed E-state index contributed by atoms with van der Waals surface area (Å²) < 4.78 is 55.8. The fraction of sp³-hybridized carbons (Fsp3) is 0.647. The predicted molar refractivity (Wildman–Crippen MR) is 281 cm³/mol. The highest BCUT2D eigenvalue weighted by Gasteiger charge is 2.33. The first kappa shape index (κ1) is 72.8. The highest BCUT2D eigenvalue weighted by molar-refractivity contribution is 5.88. The number of hydrogen-bond acceptors (Lipinski definition) is 19. The topological polar surface area (TPSA) is 328 Å². The minimum absolute atomic E-state index is 0.0191. The van der Waals surface area contributed by atoms with Crippen molar-refractivity contribution in [1.29, 1.82) is 0 Å². The van der Waals surface area contributed by atoms with Crippen LogP contribution in [0.15, 0.2) is 75.9 Å². The first-order chi connectivity index (χ1) is 36.5. The van der Waals surface area contributed by atoms with E-state index in [1.165, 1.54) is 18.2 Å². The smallest absolute Gasteiger partial charge is 0.245 e. The van der Waals surface area contributed by atoms with Crippen LogP contribution in [0.25, 0.3) is 0 Å². The van der Waals surface area contributed by atoms with Gasteiger partial charge in [0.1, 0.15) is 20.2 Å². The van der Waals surface area contributed by atoms with Crippen LogP contribution in [0.1, 0.15) is 32.6 Å². The zero-order valence-corrected chi connectivity index (χ0v) is 44.7. The average molecular weight is 1090 g/mol. The molecule has 0 aromatic carbocycles. The number of amides is 6. The minimum Gasteiger partial charge on any atom is -0.391 e. The van der Waals surface area contributed by atoms with Crippen molar-refractivity contribution < 1.29 is 91.5 Å². The molecule has 0 fully saturated rings. The van der Waals surface area contributed by atoms with E-state index in [-0.39, 0.29) is 155 Å². The van der Waals surface area contributed by atoms with Gasteiger partial charge in [-0.15, -0.1) is 0 Å². The van der Waals surface area contributed by atoms with Crippen LogP contribution < -0.4 is 31.9 Å². The summed E-state index contributed by atoms with van der Waals surface area (Å²) in [5.74, 6) is -1.95. The molecule has 0 aliphatic rings. The number of aliphatic hydroxyl groups excluding tert-OH is 3. The quantitative estimate of drug-likeness (QED) is 0.0202. The van der Waals surface area contributed by atoms with Crippen LogP contribution in [-0.2, 0) is 76.1 Å². The van der Waals surface area contributed by atoms with E-state index in [1.807, 2.05) is 6.92 Å². The molecule has 76 heavy (non-hydrogen) atoms. The summed E-state index contributed by atoms with van der Waals surface area (Å²) in [6.45, 7) is 26.5. The molecule has 436 valence electrons. The Morgan fingerprint density at radius 1 is 0.395 bits per heavy atom. The Morgan fingerprint density at radius 2 is 0.645 bits per heavy atom. The summed E-state index contributed by atoms with van der Waals surface area (Å²) >= 11 is 0. The average Bonchev–Trinajstić information content (AvgIpc) is 3.42. The van der Waals surface area contributed by atoms with E-state index < -0.39 is 29.1 Å². The maximum Gasteiger partial charge on any atom is 0.245 e. The lowest BCUT2D eigenvalue weighted by Crippen LogP contribution is -2.43. The maximum absolute atomic E-state index is 11.2. The van der Waals surface area contributed by atoms with Gasteiger partial charge in [0.15, 0.2) is 0 Å². The Bertz CT molecular complexity index is 1480. The summed E-state index contributed by atoms with van der Waals surface area (Å²) in [5.41, 5.74) is -1.18. The van der Waals surface area contributed by atoms with E-state index in [9.17, 15) is 44.1 Å². The van der Waals surface area contributed by atoms with Crippen LogP contribution in [0, 0.1) is 10.8 Å². The number of nitrogens with one attached hydrogen (secondary N) is 6. The molecule has 6 amide bonds. The van der Waals surface area contributed by atoms with Gasteiger partial charge in [0.05, 0.1) is 110 Å². The van der Waals surface area contributed by atoms with Crippen molar-refractivity contribution in [2.24, 2.45) is 10.8 Å². The fourth-order valence-corrected chi connectivity index (χ4v) is 5.75. The fourth-order valence-electron chi connectivity index (χ4n) is 5.75. The molecule has 0 radical (unpaired) electrons. The molecule has 0 aliphatic heterocycles. The van der Waals surface area contributed by atoms with Gasteiger partial charge in [0.2, 0.25) is 35.4 Å². The van der Waals surface area contributed by atoms with E-state index in [2.05, 4.69) is 71.4 Å². The molecule has 3 atom stereocenters. The monoisotopic (exact) mass is 1090 g/mol. The van der Waals surface area contributed by atoms with E-state index in [4.69, 9.17) is 47.4 Å². The molecule has 3 unspecified atom stereocenters. The number of carbonyl (C=O) groups is 6. The molecule has 0 rings (SSSR count). The molecule has 0 aromatic heterocycles. The van der Waals surface area contributed by atoms with Crippen molar-refractivity contribution >= 4 is 35.4 Å². The second kappa shape index (κ2) is 49.3. The second-order valence-electron chi connectivity index (χ2n) is 16.7. The van der Waals surface area contributed by atoms with Gasteiger partial charge in [0.25, 0.3) is 0 Å². The largest absolute Gasteiger partial charge is 0.391 e. The summed E-state index contributed by atoms with van der Waals surface area (Å²) in [7, 11) is 1.56. The number of hydrogen-bond donors (Lipinski definition) is 9. The molecule has 9 N–H and O–H groups in total. The molecular weight excluding hydrogens is 1000 g/mol. The van der Waals surface area contributed by atoms with Crippen LogP contribution in [-0.4, -0.2) is 222 Å². The Morgan fingerprint density at radius 3 is 0.895 bits per heavy atom. The zero-order chi connectivity index (χ0) is 57.1. The lowest BCUT2D eigenvalue weighted by Gasteiger charge is -2.32. The number of methoxy groups -OCH3 is 1. The standard InChI is InChI=1S/C30H53N3O12.C21H35N3O7/c1-5-27(37)31-21-43-15-24(34)9-12-40-18-30(8-4,19-41-13-10-25(35)16-44-22-32-28(38)6-2)20-42-14-11-26(36)17-45-23-33-29(39)7-3;1-5-18(25)22-8-11-29-15-21(14-28-4,16-30-12-9-23-19(26)6-2)17-31-13-10-24-20(27)7-3/h5-7,24-26,34-36H,1-3,8-23H2,4H3,(H,31,37)(H,32,38)(H,33,39);5-7H,1-3,8-17H2,4H3,(H,22,25)(H,23,26)(H,24,27). The normalized spacial score (nSPS) is 12.9. The van der Waals surface area contributed by atoms with Gasteiger partial charge in [-0.05, 0) is 62.1 Å². The third-order valence-corrected chi connectivity index (χ3v) is 10.2. The molecule has 0 saturated heterocycles. The summed E-state index contributed by atoms with van der Waals surface area (Å²) in [5, 5.41) is 45.7. The Hall–Kier alpha value is -5.26. The summed E-state index contributed by atoms with van der Waals surface area (Å²) in [4.78, 5) is 67.0. The van der Waals surface area contributed by atoms with Crippen LogP contribution in [0.4, 0.5) is 0 Å². The molecule has 0 bridgehead atoms. The lowest BCUT2D eigenvalue weighted by molar-refractivity contribution is -0.119. The van der Waals surface area contributed by atoms with Gasteiger partial charge in [-0.25, -0.2) is 0 Å². The molecule has 0 aromatic rings. The first-order valence-electron chi connectivity index (χ1n) is 24.7. The molecule has 25 nitrogen and oxygen atoms in total. The van der Waals surface area contributed by atoms with Gasteiger partial charge in [0, 0.05) is 52.0 Å². The maximum atomic E-state index is 11.2. The van der Waals surface area contributed by atoms with Gasteiger partial charge >= 0.3 is 0 Å². The van der Waals surface area contributed by atoms with Crippen LogP contribution in [0.5, 0.6) is 0 Å². The van der Waals surface area contributed by atoms with Crippen LogP contribution in [0.3, 0.4) is 0 Å².